The van der Waals surface area contributed by atoms with Gasteiger partial charge in [0.1, 0.15) is 6.07 Å². The molecule has 2 nitrogen and oxygen atoms in total. The first-order valence-electron chi connectivity index (χ1n) is 3.84. The molecule has 1 N–H and O–H groups in total. The van der Waals surface area contributed by atoms with E-state index in [2.05, 4.69) is 0 Å². The van der Waals surface area contributed by atoms with Crippen molar-refractivity contribution in [2.75, 3.05) is 0 Å². The summed E-state index contributed by atoms with van der Waals surface area (Å²) in [6, 6.07) is 11.4. The van der Waals surface area contributed by atoms with E-state index in [9.17, 15) is 0 Å². The van der Waals surface area contributed by atoms with Crippen molar-refractivity contribution in [1.82, 2.24) is 0 Å². The molecule has 64 valence electrons. The molecular formula is C11H9NO. The molecule has 0 aliphatic rings. The Morgan fingerprint density at radius 1 is 1.31 bits per heavy atom. The van der Waals surface area contributed by atoms with Crippen LogP contribution in [0.4, 0.5) is 0 Å². The van der Waals surface area contributed by atoms with Gasteiger partial charge in [0, 0.05) is 0 Å². The minimum atomic E-state index is 0.240. The van der Waals surface area contributed by atoms with Gasteiger partial charge < -0.3 is 5.11 Å². The van der Waals surface area contributed by atoms with Crippen molar-refractivity contribution in [3.63, 3.8) is 0 Å². The van der Waals surface area contributed by atoms with E-state index >= 15 is 0 Å². The second-order valence-electron chi connectivity index (χ2n) is 2.44. The smallest absolute Gasteiger partial charge is 0.102 e. The molecule has 2 heteroatoms. The van der Waals surface area contributed by atoms with E-state index in [1.54, 1.807) is 12.2 Å². The summed E-state index contributed by atoms with van der Waals surface area (Å²) < 4.78 is 0. The molecule has 0 bridgehead atoms. The Morgan fingerprint density at radius 3 is 2.54 bits per heavy atom. The fraction of sp³-hybridized carbons (Fsp3) is 0. The molecule has 0 saturated carbocycles. The number of aliphatic hydroxyl groups excluding tert-OH is 1. The summed E-state index contributed by atoms with van der Waals surface area (Å²) in [4.78, 5) is 0. The van der Waals surface area contributed by atoms with Crippen LogP contribution < -0.4 is 0 Å². The zero-order chi connectivity index (χ0) is 9.52. The summed E-state index contributed by atoms with van der Waals surface area (Å²) in [7, 11) is 0. The highest BCUT2D eigenvalue weighted by Crippen LogP contribution is 2.03. The Morgan fingerprint density at radius 2 is 2.00 bits per heavy atom. The molecule has 0 aromatic heterocycles. The molecule has 1 aromatic carbocycles. The van der Waals surface area contributed by atoms with Gasteiger partial charge in [-0.1, -0.05) is 36.4 Å². The quantitative estimate of drug-likeness (QED) is 0.422. The van der Waals surface area contributed by atoms with Gasteiger partial charge in [-0.25, -0.2) is 0 Å². The Labute approximate surface area is 77.1 Å². The third-order valence-electron chi connectivity index (χ3n) is 1.52. The highest BCUT2D eigenvalue weighted by Gasteiger charge is 1.87. The lowest BCUT2D eigenvalue weighted by molar-refractivity contribution is 0.471. The standard InChI is InChI=1S/C11H9NO/c12-8-11(9-13)7-6-10-4-2-1-3-5-10/h1-7,9,13H. The number of hydrogen-bond donors (Lipinski definition) is 1. The first-order valence-corrected chi connectivity index (χ1v) is 3.84. The van der Waals surface area contributed by atoms with Crippen LogP contribution in [0.25, 0.3) is 6.08 Å². The number of rotatable bonds is 2. The average Bonchev–Trinajstić information content (AvgIpc) is 2.21. The molecule has 0 fully saturated rings. The molecule has 0 spiro atoms. The SMILES string of the molecule is N#CC(C=Cc1ccccc1)=CO. The van der Waals surface area contributed by atoms with Gasteiger partial charge in [-0.15, -0.1) is 0 Å². The van der Waals surface area contributed by atoms with Crippen molar-refractivity contribution in [2.24, 2.45) is 0 Å². The number of allylic oxidation sites excluding steroid dienone is 2. The highest BCUT2D eigenvalue weighted by molar-refractivity contribution is 5.54. The van der Waals surface area contributed by atoms with Gasteiger partial charge in [0.25, 0.3) is 0 Å². The van der Waals surface area contributed by atoms with Gasteiger partial charge in [-0.2, -0.15) is 5.26 Å². The number of nitrogens with zero attached hydrogens (tertiary/aromatic N) is 1. The van der Waals surface area contributed by atoms with Crippen molar-refractivity contribution < 1.29 is 5.11 Å². The minimum Gasteiger partial charge on any atom is -0.514 e. The summed E-state index contributed by atoms with van der Waals surface area (Å²) >= 11 is 0. The van der Waals surface area contributed by atoms with Crippen molar-refractivity contribution in [3.05, 3.63) is 53.8 Å². The maximum Gasteiger partial charge on any atom is 0.102 e. The van der Waals surface area contributed by atoms with E-state index in [0.29, 0.717) is 0 Å². The topological polar surface area (TPSA) is 44.0 Å². The van der Waals surface area contributed by atoms with Gasteiger partial charge in [-0.05, 0) is 11.6 Å². The number of nitriles is 1. The lowest BCUT2D eigenvalue weighted by atomic mass is 10.2. The maximum absolute atomic E-state index is 8.57. The molecule has 0 heterocycles. The van der Waals surface area contributed by atoms with Gasteiger partial charge in [0.05, 0.1) is 11.8 Å². The zero-order valence-corrected chi connectivity index (χ0v) is 7.01. The summed E-state index contributed by atoms with van der Waals surface area (Å²) in [6.07, 6.45) is 4.13. The van der Waals surface area contributed by atoms with Crippen LogP contribution in [0.3, 0.4) is 0 Å². The van der Waals surface area contributed by atoms with Gasteiger partial charge in [0.15, 0.2) is 0 Å². The fourth-order valence-corrected chi connectivity index (χ4v) is 0.859. The first kappa shape index (κ1) is 9.08. The van der Waals surface area contributed by atoms with Crippen molar-refractivity contribution >= 4 is 6.08 Å². The fourth-order valence-electron chi connectivity index (χ4n) is 0.859. The monoisotopic (exact) mass is 171 g/mol. The molecule has 1 rings (SSSR count). The Bertz CT molecular complexity index is 357. The predicted octanol–water partition coefficient (Wildman–Crippen LogP) is 2.67. The van der Waals surface area contributed by atoms with Gasteiger partial charge in [0.2, 0.25) is 0 Å². The van der Waals surface area contributed by atoms with Crippen molar-refractivity contribution in [2.45, 2.75) is 0 Å². The first-order chi connectivity index (χ1) is 6.36. The summed E-state index contributed by atoms with van der Waals surface area (Å²) in [6.45, 7) is 0. The molecule has 0 unspecified atom stereocenters. The van der Waals surface area contributed by atoms with Crippen molar-refractivity contribution in [3.8, 4) is 6.07 Å². The van der Waals surface area contributed by atoms with Crippen LogP contribution in [-0.4, -0.2) is 5.11 Å². The molecule has 0 aliphatic heterocycles. The van der Waals surface area contributed by atoms with Gasteiger partial charge >= 0.3 is 0 Å². The number of benzene rings is 1. The van der Waals surface area contributed by atoms with Crippen LogP contribution in [0.15, 0.2) is 48.2 Å². The molecule has 1 aromatic rings. The second-order valence-corrected chi connectivity index (χ2v) is 2.44. The third-order valence-corrected chi connectivity index (χ3v) is 1.52. The second kappa shape index (κ2) is 4.78. The lowest BCUT2D eigenvalue weighted by Gasteiger charge is -1.89. The van der Waals surface area contributed by atoms with E-state index in [0.717, 1.165) is 11.8 Å². The molecule has 0 radical (unpaired) electrons. The summed E-state index contributed by atoms with van der Waals surface area (Å²) in [5.74, 6) is 0. The predicted molar refractivity (Wildman–Crippen MR) is 51.8 cm³/mol. The lowest BCUT2D eigenvalue weighted by Crippen LogP contribution is -1.72. The Balaban J connectivity index is 2.76. The van der Waals surface area contributed by atoms with Crippen LogP contribution in [0.2, 0.25) is 0 Å². The van der Waals surface area contributed by atoms with E-state index in [4.69, 9.17) is 10.4 Å². The normalized spacial score (nSPS) is 11.5. The average molecular weight is 171 g/mol. The minimum absolute atomic E-state index is 0.240. The molecule has 0 amide bonds. The largest absolute Gasteiger partial charge is 0.514 e. The van der Waals surface area contributed by atoms with Crippen LogP contribution in [0.5, 0.6) is 0 Å². The van der Waals surface area contributed by atoms with Crippen LogP contribution in [0, 0.1) is 11.3 Å². The van der Waals surface area contributed by atoms with E-state index in [1.807, 2.05) is 36.4 Å². The molecule has 0 saturated heterocycles. The number of aliphatic hydroxyl groups is 1. The Hall–Kier alpha value is -2.01. The maximum atomic E-state index is 8.57. The van der Waals surface area contributed by atoms with Crippen molar-refractivity contribution in [1.29, 1.82) is 5.26 Å². The molecule has 13 heavy (non-hydrogen) atoms. The van der Waals surface area contributed by atoms with Crippen LogP contribution >= 0.6 is 0 Å². The highest BCUT2D eigenvalue weighted by atomic mass is 16.2. The Kier molecular flexibility index (Phi) is 3.34. The number of hydrogen-bond acceptors (Lipinski definition) is 2. The summed E-state index contributed by atoms with van der Waals surface area (Å²) in [5, 5.41) is 17.0. The third kappa shape index (κ3) is 2.84. The summed E-state index contributed by atoms with van der Waals surface area (Å²) in [5.41, 5.74) is 1.24. The van der Waals surface area contributed by atoms with E-state index in [1.165, 1.54) is 0 Å². The van der Waals surface area contributed by atoms with E-state index in [-0.39, 0.29) is 5.57 Å². The molecule has 0 atom stereocenters. The van der Waals surface area contributed by atoms with Gasteiger partial charge in [-0.3, -0.25) is 0 Å². The van der Waals surface area contributed by atoms with Crippen LogP contribution in [0.1, 0.15) is 5.56 Å². The zero-order valence-electron chi connectivity index (χ0n) is 7.01. The molecular weight excluding hydrogens is 162 g/mol. The van der Waals surface area contributed by atoms with Crippen LogP contribution in [-0.2, 0) is 0 Å². The van der Waals surface area contributed by atoms with E-state index < -0.39 is 0 Å². The molecule has 0 aliphatic carbocycles.